The van der Waals surface area contributed by atoms with Gasteiger partial charge in [-0.1, -0.05) is 0 Å². The quantitative estimate of drug-likeness (QED) is 0.724. The molecule has 1 atom stereocenters. The first-order valence-corrected chi connectivity index (χ1v) is 4.33. The minimum atomic E-state index is -2.36. The summed E-state index contributed by atoms with van der Waals surface area (Å²) in [5.41, 5.74) is 6.29. The first-order chi connectivity index (χ1) is 6.63. The number of alkyl halides is 2. The highest BCUT2D eigenvalue weighted by Gasteiger charge is 2.12. The van der Waals surface area contributed by atoms with Gasteiger partial charge in [0, 0.05) is 31.4 Å². The zero-order chi connectivity index (χ0) is 10.6. The summed E-state index contributed by atoms with van der Waals surface area (Å²) in [5, 5.41) is 6.62. The van der Waals surface area contributed by atoms with E-state index in [0.29, 0.717) is 0 Å². The number of hydrogen-bond donors (Lipinski definition) is 2. The van der Waals surface area contributed by atoms with Crippen LogP contribution in [0.4, 0.5) is 8.78 Å². The van der Waals surface area contributed by atoms with E-state index >= 15 is 0 Å². The molecule has 1 unspecified atom stereocenters. The fourth-order valence-corrected chi connectivity index (χ4v) is 1.19. The van der Waals surface area contributed by atoms with Crippen molar-refractivity contribution in [2.75, 3.05) is 13.1 Å². The van der Waals surface area contributed by atoms with E-state index in [9.17, 15) is 8.78 Å². The van der Waals surface area contributed by atoms with Crippen LogP contribution >= 0.6 is 0 Å². The van der Waals surface area contributed by atoms with Gasteiger partial charge in [0.1, 0.15) is 0 Å². The standard InChI is InChI=1S/C8H14F2N4/c1-14-5-6(3-13-14)7(2-11)12-4-8(9)10/h3,5,7-8,12H,2,4,11H2,1H3. The Balaban J connectivity index is 2.54. The lowest BCUT2D eigenvalue weighted by Crippen LogP contribution is -2.31. The topological polar surface area (TPSA) is 55.9 Å². The van der Waals surface area contributed by atoms with Crippen LogP contribution in [0.15, 0.2) is 12.4 Å². The summed E-state index contributed by atoms with van der Waals surface area (Å²) in [7, 11) is 1.77. The van der Waals surface area contributed by atoms with Crippen molar-refractivity contribution in [2.45, 2.75) is 12.5 Å². The lowest BCUT2D eigenvalue weighted by molar-refractivity contribution is 0.141. The van der Waals surface area contributed by atoms with Gasteiger partial charge in [-0.25, -0.2) is 8.78 Å². The van der Waals surface area contributed by atoms with Gasteiger partial charge in [-0.2, -0.15) is 5.10 Å². The van der Waals surface area contributed by atoms with Crippen LogP contribution in [0.2, 0.25) is 0 Å². The molecule has 0 saturated heterocycles. The molecule has 0 radical (unpaired) electrons. The van der Waals surface area contributed by atoms with E-state index in [1.807, 2.05) is 0 Å². The van der Waals surface area contributed by atoms with E-state index < -0.39 is 6.43 Å². The molecular weight excluding hydrogens is 190 g/mol. The molecule has 0 bridgehead atoms. The predicted octanol–water partition coefficient (Wildman–Crippen LogP) is 0.275. The van der Waals surface area contributed by atoms with Crippen LogP contribution in [-0.4, -0.2) is 29.3 Å². The second-order valence-electron chi connectivity index (χ2n) is 3.03. The maximum Gasteiger partial charge on any atom is 0.250 e. The lowest BCUT2D eigenvalue weighted by Gasteiger charge is -2.14. The fourth-order valence-electron chi connectivity index (χ4n) is 1.19. The molecule has 1 heterocycles. The molecular formula is C8H14F2N4. The van der Waals surface area contributed by atoms with Crippen molar-refractivity contribution in [1.82, 2.24) is 15.1 Å². The van der Waals surface area contributed by atoms with Gasteiger partial charge in [-0.05, 0) is 0 Å². The monoisotopic (exact) mass is 204 g/mol. The van der Waals surface area contributed by atoms with Crippen molar-refractivity contribution < 1.29 is 8.78 Å². The first kappa shape index (κ1) is 11.1. The number of hydrogen-bond acceptors (Lipinski definition) is 3. The van der Waals surface area contributed by atoms with Gasteiger partial charge in [0.25, 0.3) is 6.43 Å². The highest BCUT2D eigenvalue weighted by Crippen LogP contribution is 2.09. The third kappa shape index (κ3) is 3.04. The molecule has 0 aliphatic carbocycles. The zero-order valence-electron chi connectivity index (χ0n) is 7.95. The molecule has 0 amide bonds. The Morgan fingerprint density at radius 3 is 2.79 bits per heavy atom. The van der Waals surface area contributed by atoms with Crippen molar-refractivity contribution >= 4 is 0 Å². The van der Waals surface area contributed by atoms with Crippen molar-refractivity contribution in [1.29, 1.82) is 0 Å². The van der Waals surface area contributed by atoms with Crippen LogP contribution < -0.4 is 11.1 Å². The number of nitrogens with one attached hydrogen (secondary N) is 1. The fraction of sp³-hybridized carbons (Fsp3) is 0.625. The Labute approximate surface area is 81.1 Å². The Bertz CT molecular complexity index is 274. The number of aryl methyl sites for hydroxylation is 1. The molecule has 14 heavy (non-hydrogen) atoms. The minimum Gasteiger partial charge on any atom is -0.329 e. The van der Waals surface area contributed by atoms with Crippen LogP contribution in [0.25, 0.3) is 0 Å². The SMILES string of the molecule is Cn1cc(C(CN)NCC(F)F)cn1. The normalized spacial score (nSPS) is 13.5. The van der Waals surface area contributed by atoms with Gasteiger partial charge in [0.15, 0.2) is 0 Å². The predicted molar refractivity (Wildman–Crippen MR) is 49.0 cm³/mol. The Hall–Kier alpha value is -1.01. The number of rotatable bonds is 5. The number of nitrogens with zero attached hydrogens (tertiary/aromatic N) is 2. The van der Waals surface area contributed by atoms with Gasteiger partial charge < -0.3 is 11.1 Å². The summed E-state index contributed by atoms with van der Waals surface area (Å²) in [6.45, 7) is -0.0742. The summed E-state index contributed by atoms with van der Waals surface area (Å²) in [4.78, 5) is 0. The third-order valence-electron chi connectivity index (χ3n) is 1.88. The van der Waals surface area contributed by atoms with Crippen LogP contribution in [0.5, 0.6) is 0 Å². The largest absolute Gasteiger partial charge is 0.329 e. The Morgan fingerprint density at radius 2 is 2.36 bits per heavy atom. The highest BCUT2D eigenvalue weighted by atomic mass is 19.3. The molecule has 0 aliphatic heterocycles. The number of nitrogens with two attached hydrogens (primary N) is 1. The second-order valence-corrected chi connectivity index (χ2v) is 3.03. The molecule has 4 nitrogen and oxygen atoms in total. The molecule has 1 aromatic rings. The molecule has 0 saturated carbocycles. The maximum absolute atomic E-state index is 11.9. The molecule has 1 aromatic heterocycles. The number of halogens is 2. The number of aromatic nitrogens is 2. The second kappa shape index (κ2) is 5.02. The Morgan fingerprint density at radius 1 is 1.64 bits per heavy atom. The van der Waals surface area contributed by atoms with E-state index in [4.69, 9.17) is 5.73 Å². The van der Waals surface area contributed by atoms with E-state index in [2.05, 4.69) is 10.4 Å². The van der Waals surface area contributed by atoms with E-state index in [1.165, 1.54) is 0 Å². The van der Waals surface area contributed by atoms with Crippen LogP contribution in [-0.2, 0) is 7.05 Å². The molecule has 0 aliphatic rings. The lowest BCUT2D eigenvalue weighted by atomic mass is 10.1. The summed E-state index contributed by atoms with van der Waals surface area (Å²) in [6, 6.07) is -0.252. The molecule has 80 valence electrons. The summed E-state index contributed by atoms with van der Waals surface area (Å²) in [6.07, 6.45) is 1.02. The molecule has 0 spiro atoms. The van der Waals surface area contributed by atoms with Gasteiger partial charge in [-0.15, -0.1) is 0 Å². The molecule has 0 fully saturated rings. The summed E-state index contributed by atoms with van der Waals surface area (Å²) >= 11 is 0. The highest BCUT2D eigenvalue weighted by molar-refractivity contribution is 5.10. The van der Waals surface area contributed by atoms with Crippen LogP contribution in [0.1, 0.15) is 11.6 Å². The van der Waals surface area contributed by atoms with Gasteiger partial charge >= 0.3 is 0 Å². The van der Waals surface area contributed by atoms with Gasteiger partial charge in [0.2, 0.25) is 0 Å². The van der Waals surface area contributed by atoms with E-state index in [1.54, 1.807) is 24.1 Å². The smallest absolute Gasteiger partial charge is 0.250 e. The van der Waals surface area contributed by atoms with Gasteiger partial charge in [0.05, 0.1) is 12.7 Å². The van der Waals surface area contributed by atoms with E-state index in [-0.39, 0.29) is 19.1 Å². The first-order valence-electron chi connectivity index (χ1n) is 4.33. The van der Waals surface area contributed by atoms with Crippen molar-refractivity contribution in [2.24, 2.45) is 12.8 Å². The maximum atomic E-state index is 11.9. The van der Waals surface area contributed by atoms with Crippen LogP contribution in [0, 0.1) is 0 Å². The van der Waals surface area contributed by atoms with Crippen LogP contribution in [0.3, 0.4) is 0 Å². The summed E-state index contributed by atoms with van der Waals surface area (Å²) < 4.78 is 25.5. The molecule has 1 rings (SSSR count). The van der Waals surface area contributed by atoms with Gasteiger partial charge in [-0.3, -0.25) is 4.68 Å². The zero-order valence-corrected chi connectivity index (χ0v) is 7.95. The van der Waals surface area contributed by atoms with Crippen molar-refractivity contribution in [3.05, 3.63) is 18.0 Å². The average molecular weight is 204 g/mol. The average Bonchev–Trinajstić information content (AvgIpc) is 2.53. The molecule has 6 heteroatoms. The minimum absolute atomic E-state index is 0.252. The molecule has 3 N–H and O–H groups in total. The van der Waals surface area contributed by atoms with E-state index in [0.717, 1.165) is 5.56 Å². The van der Waals surface area contributed by atoms with Crippen molar-refractivity contribution in [3.63, 3.8) is 0 Å². The molecule has 0 aromatic carbocycles. The summed E-state index contributed by atoms with van der Waals surface area (Å²) in [5.74, 6) is 0. The Kier molecular flexibility index (Phi) is 3.97. The third-order valence-corrected chi connectivity index (χ3v) is 1.88. The van der Waals surface area contributed by atoms with Crippen molar-refractivity contribution in [3.8, 4) is 0 Å².